The summed E-state index contributed by atoms with van der Waals surface area (Å²) in [5.74, 6) is -18.6. The lowest BCUT2D eigenvalue weighted by atomic mass is 10.1. The van der Waals surface area contributed by atoms with Crippen molar-refractivity contribution in [1.29, 1.82) is 0 Å². The van der Waals surface area contributed by atoms with Gasteiger partial charge in [0.2, 0.25) is 0 Å². The Labute approximate surface area is 167 Å². The highest BCUT2D eigenvalue weighted by atomic mass is 19.2. The molecule has 0 fully saturated rings. The van der Waals surface area contributed by atoms with E-state index in [4.69, 9.17) is 0 Å². The highest BCUT2D eigenvalue weighted by molar-refractivity contribution is 6.39. The summed E-state index contributed by atoms with van der Waals surface area (Å²) in [6.45, 7) is 0. The van der Waals surface area contributed by atoms with Gasteiger partial charge in [-0.25, -0.2) is 26.3 Å². The Balaban J connectivity index is 2.02. The van der Waals surface area contributed by atoms with Crippen LogP contribution in [0.5, 0.6) is 17.2 Å². The Morgan fingerprint density at radius 1 is 0.419 bits per heavy atom. The first-order valence-corrected chi connectivity index (χ1v) is 7.98. The van der Waals surface area contributed by atoms with Gasteiger partial charge in [-0.15, -0.1) is 0 Å². The van der Waals surface area contributed by atoms with E-state index in [1.54, 1.807) is 0 Å². The molecule has 0 spiro atoms. The van der Waals surface area contributed by atoms with E-state index in [0.29, 0.717) is 0 Å². The van der Waals surface area contributed by atoms with Crippen LogP contribution in [0, 0.1) is 52.4 Å². The van der Waals surface area contributed by atoms with E-state index in [0.717, 1.165) is 0 Å². The number of benzene rings is 3. The number of rotatable bonds is 6. The Bertz CT molecular complexity index is 1000. The van der Waals surface area contributed by atoms with E-state index in [1.165, 1.54) is 0 Å². The smallest absolute Gasteiger partial charge is 0.487 e. The molecule has 0 aliphatic carbocycles. The predicted molar refractivity (Wildman–Crippen MR) is 86.6 cm³/mol. The van der Waals surface area contributed by atoms with Crippen molar-refractivity contribution in [1.82, 2.24) is 0 Å². The van der Waals surface area contributed by atoms with E-state index < -0.39 is 76.9 Å². The van der Waals surface area contributed by atoms with Crippen molar-refractivity contribution in [3.05, 3.63) is 88.8 Å². The normalized spacial score (nSPS) is 10.7. The molecule has 0 N–H and O–H groups in total. The maximum atomic E-state index is 13.9. The lowest BCUT2D eigenvalue weighted by Gasteiger charge is -2.18. The third-order valence-electron chi connectivity index (χ3n) is 3.55. The molecule has 3 nitrogen and oxygen atoms in total. The quantitative estimate of drug-likeness (QED) is 0.283. The van der Waals surface area contributed by atoms with Crippen molar-refractivity contribution >= 4 is 7.32 Å². The summed E-state index contributed by atoms with van der Waals surface area (Å²) in [5, 5.41) is 0. The fourth-order valence-corrected chi connectivity index (χ4v) is 2.24. The van der Waals surface area contributed by atoms with Gasteiger partial charge in [0.15, 0.2) is 34.9 Å². The van der Waals surface area contributed by atoms with Gasteiger partial charge in [0.25, 0.3) is 0 Å². The fraction of sp³-hybridized carbons (Fsp3) is 0. The van der Waals surface area contributed by atoms with Crippen LogP contribution in [0.3, 0.4) is 0 Å². The summed E-state index contributed by atoms with van der Waals surface area (Å²) in [6, 6.07) is 1.18. The van der Waals surface area contributed by atoms with Gasteiger partial charge in [-0.2, -0.15) is 13.2 Å². The minimum absolute atomic E-state index is 0.127. The van der Waals surface area contributed by atoms with Crippen molar-refractivity contribution in [3.8, 4) is 17.2 Å². The molecule has 0 aromatic heterocycles. The van der Waals surface area contributed by atoms with Crippen LogP contribution in [-0.4, -0.2) is 7.32 Å². The minimum Gasteiger partial charge on any atom is -0.487 e. The van der Waals surface area contributed by atoms with Gasteiger partial charge in [-0.05, 0) is 0 Å². The third-order valence-corrected chi connectivity index (χ3v) is 3.55. The molecule has 0 saturated carbocycles. The van der Waals surface area contributed by atoms with E-state index in [9.17, 15) is 39.5 Å². The number of hydrogen-bond acceptors (Lipinski definition) is 3. The maximum absolute atomic E-state index is 13.9. The highest BCUT2D eigenvalue weighted by Gasteiger charge is 2.35. The molecule has 0 atom stereocenters. The van der Waals surface area contributed by atoms with Crippen molar-refractivity contribution in [2.24, 2.45) is 0 Å². The Kier molecular flexibility index (Phi) is 6.23. The molecular formula is C18H6BF9O3. The zero-order valence-corrected chi connectivity index (χ0v) is 14.7. The van der Waals surface area contributed by atoms with Gasteiger partial charge in [-0.1, -0.05) is 0 Å². The predicted octanol–water partition coefficient (Wildman–Crippen LogP) is 5.46. The van der Waals surface area contributed by atoms with E-state index in [2.05, 4.69) is 14.0 Å². The first-order valence-electron chi connectivity index (χ1n) is 7.98. The molecule has 162 valence electrons. The zero-order valence-electron chi connectivity index (χ0n) is 14.7. The van der Waals surface area contributed by atoms with Gasteiger partial charge >= 0.3 is 7.32 Å². The first kappa shape index (κ1) is 22.2. The van der Waals surface area contributed by atoms with Crippen molar-refractivity contribution < 1.29 is 53.5 Å². The van der Waals surface area contributed by atoms with Crippen LogP contribution in [-0.2, 0) is 0 Å². The number of hydrogen-bond donors (Lipinski definition) is 0. The second-order valence-corrected chi connectivity index (χ2v) is 5.74. The van der Waals surface area contributed by atoms with Crippen LogP contribution >= 0.6 is 0 Å². The molecule has 0 bridgehead atoms. The minimum atomic E-state index is -2.64. The van der Waals surface area contributed by atoms with Gasteiger partial charge < -0.3 is 14.0 Å². The molecule has 0 heterocycles. The summed E-state index contributed by atoms with van der Waals surface area (Å²) in [4.78, 5) is 0. The molecule has 0 aliphatic rings. The van der Waals surface area contributed by atoms with Gasteiger partial charge in [0.05, 0.1) is 0 Å². The summed E-state index contributed by atoms with van der Waals surface area (Å²) in [5.41, 5.74) is 0. The molecule has 31 heavy (non-hydrogen) atoms. The Hall–Kier alpha value is -3.51. The standard InChI is InChI=1S/C18H6BF9O3/c20-7-1-10(23)16(26)13(4-7)29-19(30-14-5-8(21)2-11(24)17(14)27)31-15-6-9(22)3-12(25)18(15)28/h1-6H. The average Bonchev–Trinajstić information content (AvgIpc) is 2.67. The molecule has 3 aromatic rings. The van der Waals surface area contributed by atoms with Gasteiger partial charge in [0, 0.05) is 36.4 Å². The largest absolute Gasteiger partial charge is 0.864 e. The second kappa shape index (κ2) is 8.70. The molecule has 0 amide bonds. The number of halogens is 9. The molecule has 3 rings (SSSR count). The summed E-state index contributed by atoms with van der Waals surface area (Å²) in [7, 11) is -2.64. The molecule has 3 aromatic carbocycles. The van der Waals surface area contributed by atoms with Crippen LogP contribution < -0.4 is 14.0 Å². The van der Waals surface area contributed by atoms with Crippen LogP contribution in [0.25, 0.3) is 0 Å². The van der Waals surface area contributed by atoms with Crippen molar-refractivity contribution in [3.63, 3.8) is 0 Å². The molecule has 0 aliphatic heterocycles. The molecule has 13 heteroatoms. The monoisotopic (exact) mass is 452 g/mol. The van der Waals surface area contributed by atoms with Crippen LogP contribution in [0.2, 0.25) is 0 Å². The van der Waals surface area contributed by atoms with Crippen molar-refractivity contribution in [2.75, 3.05) is 0 Å². The average molecular weight is 452 g/mol. The van der Waals surface area contributed by atoms with Crippen LogP contribution in [0.4, 0.5) is 39.5 Å². The molecule has 0 radical (unpaired) electrons. The van der Waals surface area contributed by atoms with Crippen LogP contribution in [0.1, 0.15) is 0 Å². The lowest BCUT2D eigenvalue weighted by Crippen LogP contribution is -2.38. The molecule has 0 saturated heterocycles. The highest BCUT2D eigenvalue weighted by Crippen LogP contribution is 2.28. The molecular weight excluding hydrogens is 446 g/mol. The second-order valence-electron chi connectivity index (χ2n) is 5.74. The summed E-state index contributed by atoms with van der Waals surface area (Å²) >= 11 is 0. The Morgan fingerprint density at radius 2 is 0.677 bits per heavy atom. The summed E-state index contributed by atoms with van der Waals surface area (Å²) in [6.07, 6.45) is 0. The fourth-order valence-electron chi connectivity index (χ4n) is 2.24. The molecule has 0 unspecified atom stereocenters. The van der Waals surface area contributed by atoms with E-state index in [-0.39, 0.29) is 36.4 Å². The summed E-state index contributed by atoms with van der Waals surface area (Å²) < 4.78 is 136. The van der Waals surface area contributed by atoms with Crippen LogP contribution in [0.15, 0.2) is 36.4 Å². The van der Waals surface area contributed by atoms with Gasteiger partial charge in [0.1, 0.15) is 34.7 Å². The zero-order chi connectivity index (χ0) is 22.9. The van der Waals surface area contributed by atoms with E-state index >= 15 is 0 Å². The SMILES string of the molecule is Fc1cc(F)c(F)c(OB(Oc2cc(F)cc(F)c2F)Oc2cc(F)cc(F)c2F)c1. The topological polar surface area (TPSA) is 27.7 Å². The first-order chi connectivity index (χ1) is 14.5. The van der Waals surface area contributed by atoms with E-state index in [1.807, 2.05) is 0 Å². The third kappa shape index (κ3) is 4.98. The van der Waals surface area contributed by atoms with Gasteiger partial charge in [-0.3, -0.25) is 0 Å². The van der Waals surface area contributed by atoms with Crippen molar-refractivity contribution in [2.45, 2.75) is 0 Å². The lowest BCUT2D eigenvalue weighted by molar-refractivity contribution is 0.279. The Morgan fingerprint density at radius 3 is 0.935 bits per heavy atom. The maximum Gasteiger partial charge on any atom is 0.864 e.